The average molecular weight is 297 g/mol. The smallest absolute Gasteiger partial charge is 0.273 e. The Kier molecular flexibility index (Phi) is 3.86. The van der Waals surface area contributed by atoms with Crippen LogP contribution in [0.25, 0.3) is 0 Å². The second-order valence-corrected chi connectivity index (χ2v) is 5.67. The highest BCUT2D eigenvalue weighted by atomic mass is 16.5. The van der Waals surface area contributed by atoms with E-state index in [0.717, 1.165) is 16.8 Å². The van der Waals surface area contributed by atoms with Crippen LogP contribution in [0.2, 0.25) is 0 Å². The summed E-state index contributed by atoms with van der Waals surface area (Å²) in [5.41, 5.74) is 2.33. The van der Waals surface area contributed by atoms with Crippen LogP contribution in [0.1, 0.15) is 31.1 Å². The van der Waals surface area contributed by atoms with E-state index >= 15 is 0 Å². The first kappa shape index (κ1) is 14.6. The van der Waals surface area contributed by atoms with E-state index in [9.17, 15) is 9.90 Å². The predicted octanol–water partition coefficient (Wildman–Crippen LogP) is 3.05. The summed E-state index contributed by atoms with van der Waals surface area (Å²) in [5, 5.41) is 9.32. The number of nitrogens with zero attached hydrogens (tertiary/aromatic N) is 1. The van der Waals surface area contributed by atoms with Gasteiger partial charge in [0.2, 0.25) is 6.10 Å². The van der Waals surface area contributed by atoms with E-state index in [1.165, 1.54) is 0 Å². The monoisotopic (exact) mass is 297 g/mol. The highest BCUT2D eigenvalue weighted by molar-refractivity contribution is 6.01. The van der Waals surface area contributed by atoms with Gasteiger partial charge in [-0.05, 0) is 31.5 Å². The number of carbonyl (C=O) groups is 1. The molecule has 114 valence electrons. The molecule has 0 radical (unpaired) electrons. The van der Waals surface area contributed by atoms with Crippen molar-refractivity contribution in [3.05, 3.63) is 59.7 Å². The van der Waals surface area contributed by atoms with Gasteiger partial charge >= 0.3 is 0 Å². The van der Waals surface area contributed by atoms with Crippen molar-refractivity contribution in [2.75, 3.05) is 4.90 Å². The average Bonchev–Trinajstić information content (AvgIpc) is 2.54. The van der Waals surface area contributed by atoms with E-state index < -0.39 is 6.10 Å². The summed E-state index contributed by atoms with van der Waals surface area (Å²) in [6.07, 6.45) is -0.629. The highest BCUT2D eigenvalue weighted by Gasteiger charge is 2.36. The fourth-order valence-corrected chi connectivity index (χ4v) is 2.74. The van der Waals surface area contributed by atoms with Crippen molar-refractivity contribution >= 4 is 11.6 Å². The lowest BCUT2D eigenvalue weighted by Gasteiger charge is -2.37. The minimum atomic E-state index is -0.629. The number of carbonyl (C=O) groups excluding carboxylic acids is 1. The summed E-state index contributed by atoms with van der Waals surface area (Å²) in [6.45, 7) is 3.89. The third-order valence-corrected chi connectivity index (χ3v) is 3.79. The molecule has 1 unspecified atom stereocenters. The van der Waals surface area contributed by atoms with Crippen LogP contribution in [0.4, 0.5) is 5.69 Å². The normalized spacial score (nSPS) is 17.4. The van der Waals surface area contributed by atoms with E-state index in [0.29, 0.717) is 5.75 Å². The molecule has 1 amide bonds. The molecule has 2 aromatic rings. The number of hydrogen-bond acceptors (Lipinski definition) is 3. The number of aliphatic hydroxyl groups is 1. The van der Waals surface area contributed by atoms with Gasteiger partial charge in [-0.2, -0.15) is 0 Å². The highest BCUT2D eigenvalue weighted by Crippen LogP contribution is 2.40. The summed E-state index contributed by atoms with van der Waals surface area (Å²) >= 11 is 0. The summed E-state index contributed by atoms with van der Waals surface area (Å²) < 4.78 is 5.94. The molecule has 1 heterocycles. The van der Waals surface area contributed by atoms with Crippen molar-refractivity contribution in [2.24, 2.45) is 0 Å². The SMILES string of the molecule is CC(C)N1C(=O)C(c2ccccc2)Oc2ccc(CO)cc21. The Morgan fingerprint density at radius 2 is 1.91 bits per heavy atom. The van der Waals surface area contributed by atoms with Gasteiger partial charge < -0.3 is 14.7 Å². The molecule has 4 nitrogen and oxygen atoms in total. The molecule has 0 bridgehead atoms. The Labute approximate surface area is 130 Å². The van der Waals surface area contributed by atoms with E-state index in [2.05, 4.69) is 0 Å². The van der Waals surface area contributed by atoms with Crippen molar-refractivity contribution in [3.8, 4) is 5.75 Å². The first-order valence-corrected chi connectivity index (χ1v) is 7.40. The third-order valence-electron chi connectivity index (χ3n) is 3.79. The maximum Gasteiger partial charge on any atom is 0.273 e. The molecule has 0 aliphatic carbocycles. The zero-order valence-corrected chi connectivity index (χ0v) is 12.7. The standard InChI is InChI=1S/C18H19NO3/c1-12(2)19-15-10-13(11-20)8-9-16(15)22-17(18(19)21)14-6-4-3-5-7-14/h3-10,12,17,20H,11H2,1-2H3. The topological polar surface area (TPSA) is 49.8 Å². The molecule has 22 heavy (non-hydrogen) atoms. The van der Waals surface area contributed by atoms with Crippen molar-refractivity contribution in [2.45, 2.75) is 32.6 Å². The predicted molar refractivity (Wildman–Crippen MR) is 84.8 cm³/mol. The Hall–Kier alpha value is -2.33. The van der Waals surface area contributed by atoms with Crippen LogP contribution in [0.5, 0.6) is 5.75 Å². The molecule has 2 aromatic carbocycles. The molecule has 0 spiro atoms. The van der Waals surface area contributed by atoms with E-state index in [1.54, 1.807) is 4.90 Å². The van der Waals surface area contributed by atoms with Gasteiger partial charge in [0.25, 0.3) is 5.91 Å². The molecule has 0 fully saturated rings. The van der Waals surface area contributed by atoms with Gasteiger partial charge in [0.1, 0.15) is 5.75 Å². The molecule has 0 saturated carbocycles. The fraction of sp³-hybridized carbons (Fsp3) is 0.278. The second kappa shape index (κ2) is 5.81. The molecule has 3 rings (SSSR count). The molecule has 1 N–H and O–H groups in total. The number of benzene rings is 2. The van der Waals surface area contributed by atoms with Crippen LogP contribution < -0.4 is 9.64 Å². The molecular formula is C18H19NO3. The zero-order valence-electron chi connectivity index (χ0n) is 12.7. The number of amides is 1. The van der Waals surface area contributed by atoms with Gasteiger partial charge in [-0.25, -0.2) is 0 Å². The van der Waals surface area contributed by atoms with Crippen LogP contribution in [-0.4, -0.2) is 17.1 Å². The fourth-order valence-electron chi connectivity index (χ4n) is 2.74. The lowest BCUT2D eigenvalue weighted by molar-refractivity contribution is -0.127. The summed E-state index contributed by atoms with van der Waals surface area (Å²) in [4.78, 5) is 14.6. The minimum absolute atomic E-state index is 0.00954. The van der Waals surface area contributed by atoms with Crippen molar-refractivity contribution < 1.29 is 14.6 Å². The lowest BCUT2D eigenvalue weighted by atomic mass is 10.0. The summed E-state index contributed by atoms with van der Waals surface area (Å²) in [6, 6.07) is 15.0. The van der Waals surface area contributed by atoms with E-state index in [4.69, 9.17) is 4.74 Å². The molecule has 1 aliphatic heterocycles. The van der Waals surface area contributed by atoms with E-state index in [-0.39, 0.29) is 18.6 Å². The molecule has 1 aliphatic rings. The Morgan fingerprint density at radius 1 is 1.18 bits per heavy atom. The molecule has 0 aromatic heterocycles. The van der Waals surface area contributed by atoms with Gasteiger partial charge in [0.15, 0.2) is 0 Å². The van der Waals surface area contributed by atoms with Crippen LogP contribution in [0.15, 0.2) is 48.5 Å². The first-order chi connectivity index (χ1) is 10.6. The Balaban J connectivity index is 2.08. The number of aliphatic hydroxyl groups excluding tert-OH is 1. The largest absolute Gasteiger partial charge is 0.474 e. The molecule has 4 heteroatoms. The zero-order chi connectivity index (χ0) is 15.7. The van der Waals surface area contributed by atoms with Gasteiger partial charge in [-0.15, -0.1) is 0 Å². The van der Waals surface area contributed by atoms with Gasteiger partial charge in [0.05, 0.1) is 12.3 Å². The van der Waals surface area contributed by atoms with Gasteiger partial charge in [-0.1, -0.05) is 36.4 Å². The quantitative estimate of drug-likeness (QED) is 0.947. The van der Waals surface area contributed by atoms with Crippen LogP contribution in [0.3, 0.4) is 0 Å². The Morgan fingerprint density at radius 3 is 2.55 bits per heavy atom. The summed E-state index contributed by atoms with van der Waals surface area (Å²) in [7, 11) is 0. The molecule has 1 atom stereocenters. The number of ether oxygens (including phenoxy) is 1. The maximum atomic E-state index is 12.9. The maximum absolute atomic E-state index is 12.9. The molecular weight excluding hydrogens is 278 g/mol. The minimum Gasteiger partial charge on any atom is -0.474 e. The van der Waals surface area contributed by atoms with Crippen molar-refractivity contribution in [3.63, 3.8) is 0 Å². The van der Waals surface area contributed by atoms with Gasteiger partial charge in [0, 0.05) is 11.6 Å². The number of hydrogen-bond donors (Lipinski definition) is 1. The first-order valence-electron chi connectivity index (χ1n) is 7.40. The summed E-state index contributed by atoms with van der Waals surface area (Å²) in [5.74, 6) is 0.586. The van der Waals surface area contributed by atoms with Crippen LogP contribution >= 0.6 is 0 Å². The molecule has 0 saturated heterocycles. The second-order valence-electron chi connectivity index (χ2n) is 5.67. The lowest BCUT2D eigenvalue weighted by Crippen LogP contribution is -2.45. The van der Waals surface area contributed by atoms with Crippen molar-refractivity contribution in [1.82, 2.24) is 0 Å². The number of rotatable bonds is 3. The van der Waals surface area contributed by atoms with Crippen LogP contribution in [-0.2, 0) is 11.4 Å². The third kappa shape index (κ3) is 2.46. The van der Waals surface area contributed by atoms with Crippen LogP contribution in [0, 0.1) is 0 Å². The number of fused-ring (bicyclic) bond motifs is 1. The Bertz CT molecular complexity index is 682. The van der Waals surface area contributed by atoms with E-state index in [1.807, 2.05) is 62.4 Å². The van der Waals surface area contributed by atoms with Crippen molar-refractivity contribution in [1.29, 1.82) is 0 Å². The van der Waals surface area contributed by atoms with Gasteiger partial charge in [-0.3, -0.25) is 4.79 Å². The number of anilines is 1.